The zero-order chi connectivity index (χ0) is 7.46. The van der Waals surface area contributed by atoms with Crippen LogP contribution in [0.3, 0.4) is 0 Å². The van der Waals surface area contributed by atoms with Gasteiger partial charge in [-0.25, -0.2) is 0 Å². The summed E-state index contributed by atoms with van der Waals surface area (Å²) in [6, 6.07) is 0. The van der Waals surface area contributed by atoms with Crippen LogP contribution in [0.15, 0.2) is 0 Å². The topological polar surface area (TPSA) is 0 Å². The highest BCUT2D eigenvalue weighted by molar-refractivity contribution is 5.26. The molecule has 0 heterocycles. The Morgan fingerprint density at radius 3 is 1.10 bits per heavy atom. The van der Waals surface area contributed by atoms with Gasteiger partial charge in [0.1, 0.15) is 0 Å². The molecule has 0 aromatic rings. The van der Waals surface area contributed by atoms with Crippen molar-refractivity contribution in [1.29, 1.82) is 0 Å². The second kappa shape index (κ2) is 1.78. The Morgan fingerprint density at radius 1 is 0.600 bits per heavy atom. The van der Waals surface area contributed by atoms with E-state index in [0.29, 0.717) is 0 Å². The molecule has 0 spiro atoms. The monoisotopic (exact) mass is 138 g/mol. The molecule has 3 aliphatic rings. The zero-order valence-corrected chi connectivity index (χ0v) is 7.46. The minimum absolute atomic E-state index is 1.12. The van der Waals surface area contributed by atoms with Crippen molar-refractivity contribution in [2.24, 2.45) is 35.5 Å². The maximum absolute atomic E-state index is 2.44. The summed E-state index contributed by atoms with van der Waals surface area (Å²) in [4.78, 5) is 0. The molecular formula is C10H18. The molecule has 0 aromatic heterocycles. The van der Waals surface area contributed by atoms with E-state index in [2.05, 4.69) is 13.8 Å². The summed E-state index contributed by atoms with van der Waals surface area (Å²) in [5.41, 5.74) is 0. The van der Waals surface area contributed by atoms with Crippen molar-refractivity contribution in [3.8, 4) is 0 Å². The maximum Gasteiger partial charge on any atom is -0.0313 e. The molecule has 4 unspecified atom stereocenters. The van der Waals surface area contributed by atoms with Crippen LogP contribution in [0, 0.1) is 35.5 Å². The normalized spacial score (nSPS) is 66.0. The minimum atomic E-state index is 1.12. The lowest BCUT2D eigenvalue weighted by molar-refractivity contribution is 0.0835. The second-order valence-electron chi connectivity index (χ2n) is 4.03. The van der Waals surface area contributed by atoms with Gasteiger partial charge < -0.3 is 0 Å². The molecular weight excluding hydrogens is 120 g/mol. The van der Waals surface area contributed by atoms with Crippen molar-refractivity contribution in [2.75, 3.05) is 0 Å². The highest BCUT2D eigenvalue weighted by atomic mass is 14.8. The van der Waals surface area contributed by atoms with Gasteiger partial charge in [0.25, 0.3) is 0 Å². The van der Waals surface area contributed by atoms with Crippen LogP contribution in [0.25, 0.3) is 0 Å². The first-order valence-electron chi connectivity index (χ1n) is 4.82. The molecule has 0 N–H and O–H groups in total. The highest BCUT2D eigenvalue weighted by Crippen LogP contribution is 2.83. The molecule has 58 valence electrons. The molecule has 0 heteroatoms. The van der Waals surface area contributed by atoms with E-state index in [0.717, 1.165) is 11.8 Å². The predicted octanol–water partition coefficient (Wildman–Crippen LogP) is 2.79. The third kappa shape index (κ3) is 0.436. The Morgan fingerprint density at radius 2 is 1.00 bits per heavy atom. The van der Waals surface area contributed by atoms with Crippen molar-refractivity contribution >= 4 is 0 Å². The van der Waals surface area contributed by atoms with Crippen LogP contribution in [0.5, 0.6) is 0 Å². The number of rotatable bonds is 0. The van der Waals surface area contributed by atoms with E-state index in [-0.39, 0.29) is 0 Å². The minimum Gasteiger partial charge on any atom is -0.0683 e. The van der Waals surface area contributed by atoms with Gasteiger partial charge in [-0.05, 0) is 35.5 Å². The smallest absolute Gasteiger partial charge is 0.0313 e. The van der Waals surface area contributed by atoms with Crippen molar-refractivity contribution < 1.29 is 0 Å². The van der Waals surface area contributed by atoms with Crippen LogP contribution in [-0.2, 0) is 0 Å². The van der Waals surface area contributed by atoms with E-state index in [1.807, 2.05) is 13.8 Å². The summed E-state index contributed by atoms with van der Waals surface area (Å²) in [6.45, 7) is 8.88. The number of hydrogen-bond acceptors (Lipinski definition) is 0. The first-order chi connectivity index (χ1) is 4.82. The van der Waals surface area contributed by atoms with E-state index in [1.54, 1.807) is 0 Å². The molecule has 0 aromatic carbocycles. The maximum atomic E-state index is 2.44. The van der Waals surface area contributed by atoms with Gasteiger partial charge in [0.05, 0.1) is 0 Å². The van der Waals surface area contributed by atoms with E-state index in [1.165, 1.54) is 23.7 Å². The Hall–Kier alpha value is 0. The fourth-order valence-corrected chi connectivity index (χ4v) is 3.70. The number of hydrogen-bond donors (Lipinski definition) is 0. The molecule has 0 nitrogen and oxygen atoms in total. The molecule has 0 saturated heterocycles. The average Bonchev–Trinajstić information content (AvgIpc) is 2.46. The summed E-state index contributed by atoms with van der Waals surface area (Å²) < 4.78 is 0. The quantitative estimate of drug-likeness (QED) is 0.483. The van der Waals surface area contributed by atoms with Gasteiger partial charge in [-0.3, -0.25) is 0 Å². The summed E-state index contributed by atoms with van der Waals surface area (Å²) in [5.74, 6) is 7.12. The van der Waals surface area contributed by atoms with Crippen LogP contribution in [0.2, 0.25) is 0 Å². The highest BCUT2D eigenvalue weighted by Gasteiger charge is 2.79. The Kier molecular flexibility index (Phi) is 1.19. The third-order valence-electron chi connectivity index (χ3n) is 4.07. The van der Waals surface area contributed by atoms with Gasteiger partial charge in [0.15, 0.2) is 0 Å². The van der Waals surface area contributed by atoms with Crippen molar-refractivity contribution in [3.63, 3.8) is 0 Å². The van der Waals surface area contributed by atoms with E-state index in [9.17, 15) is 0 Å². The zero-order valence-electron chi connectivity index (χ0n) is 7.46. The standard InChI is InChI=1S/C8H12.C2H6/c1-3-5-4(2)7-6(3)8(5)7;1-2/h3-8H,1-2H3;1-2H3. The van der Waals surface area contributed by atoms with Crippen LogP contribution in [0.4, 0.5) is 0 Å². The molecule has 0 radical (unpaired) electrons. The lowest BCUT2D eigenvalue weighted by Crippen LogP contribution is -2.35. The van der Waals surface area contributed by atoms with Crippen LogP contribution in [-0.4, -0.2) is 0 Å². The van der Waals surface area contributed by atoms with E-state index in [4.69, 9.17) is 0 Å². The van der Waals surface area contributed by atoms with Crippen LogP contribution < -0.4 is 0 Å². The van der Waals surface area contributed by atoms with Crippen molar-refractivity contribution in [2.45, 2.75) is 27.7 Å². The largest absolute Gasteiger partial charge is 0.0683 e. The fraction of sp³-hybridized carbons (Fsp3) is 1.00. The van der Waals surface area contributed by atoms with Gasteiger partial charge in [0.2, 0.25) is 0 Å². The molecule has 0 bridgehead atoms. The summed E-state index contributed by atoms with van der Waals surface area (Å²) in [6.07, 6.45) is 0. The van der Waals surface area contributed by atoms with Crippen molar-refractivity contribution in [3.05, 3.63) is 0 Å². The molecule has 3 saturated carbocycles. The van der Waals surface area contributed by atoms with Gasteiger partial charge in [-0.15, -0.1) is 0 Å². The average molecular weight is 138 g/mol. The number of fused-ring (bicyclic) bond motifs is 1. The van der Waals surface area contributed by atoms with Crippen molar-refractivity contribution in [1.82, 2.24) is 0 Å². The fourth-order valence-electron chi connectivity index (χ4n) is 3.70. The Bertz CT molecular complexity index is 130. The molecule has 3 fully saturated rings. The summed E-state index contributed by atoms with van der Waals surface area (Å²) in [5, 5.41) is 0. The van der Waals surface area contributed by atoms with Crippen LogP contribution in [0.1, 0.15) is 27.7 Å². The van der Waals surface area contributed by atoms with Crippen LogP contribution >= 0.6 is 0 Å². The summed E-state index contributed by atoms with van der Waals surface area (Å²) in [7, 11) is 0. The lowest BCUT2D eigenvalue weighted by Gasteiger charge is -2.39. The lowest BCUT2D eigenvalue weighted by atomic mass is 9.66. The molecule has 4 atom stereocenters. The first kappa shape index (κ1) is 6.69. The third-order valence-corrected chi connectivity index (χ3v) is 4.07. The molecule has 0 amide bonds. The molecule has 3 rings (SSSR count). The molecule has 0 aliphatic heterocycles. The van der Waals surface area contributed by atoms with Gasteiger partial charge in [0, 0.05) is 0 Å². The molecule has 10 heavy (non-hydrogen) atoms. The Balaban J connectivity index is 0.000000188. The predicted molar refractivity (Wildman–Crippen MR) is 43.6 cm³/mol. The van der Waals surface area contributed by atoms with Gasteiger partial charge in [-0.1, -0.05) is 27.7 Å². The summed E-state index contributed by atoms with van der Waals surface area (Å²) >= 11 is 0. The second-order valence-corrected chi connectivity index (χ2v) is 4.03. The van der Waals surface area contributed by atoms with E-state index < -0.39 is 0 Å². The van der Waals surface area contributed by atoms with E-state index >= 15 is 0 Å². The first-order valence-corrected chi connectivity index (χ1v) is 4.82. The van der Waals surface area contributed by atoms with Gasteiger partial charge >= 0.3 is 0 Å². The SMILES string of the molecule is CC.CC1C2C(C)C3C1C23. The van der Waals surface area contributed by atoms with Gasteiger partial charge in [-0.2, -0.15) is 0 Å². The molecule has 3 aliphatic carbocycles. The Labute approximate surface area is 64.0 Å².